The molecule has 0 spiro atoms. The lowest BCUT2D eigenvalue weighted by Gasteiger charge is -2.36. The van der Waals surface area contributed by atoms with Crippen LogP contribution >= 0.6 is 12.0 Å². The first-order valence-corrected chi connectivity index (χ1v) is 7.08. The fourth-order valence-corrected chi connectivity index (χ4v) is 2.33. The fourth-order valence-electron chi connectivity index (χ4n) is 2.04. The van der Waals surface area contributed by atoms with E-state index in [1.54, 1.807) is 0 Å². The second kappa shape index (κ2) is 11.1. The normalized spacial score (nSPS) is 20.0. The number of rotatable bonds is 3. The summed E-state index contributed by atoms with van der Waals surface area (Å²) in [6, 6.07) is 0.632. The van der Waals surface area contributed by atoms with E-state index in [0.29, 0.717) is 11.6 Å². The third-order valence-corrected chi connectivity index (χ3v) is 2.99. The Bertz CT molecular complexity index is 171. The summed E-state index contributed by atoms with van der Waals surface area (Å²) in [5.41, 5.74) is 0.295. The predicted octanol–water partition coefficient (Wildman–Crippen LogP) is 2.95. The molecule has 1 rings (SSSR count). The van der Waals surface area contributed by atoms with Gasteiger partial charge in [-0.1, -0.05) is 0 Å². The summed E-state index contributed by atoms with van der Waals surface area (Å²) in [6.07, 6.45) is 4.59. The molecule has 3 nitrogen and oxygen atoms in total. The average Bonchev–Trinajstić information content (AvgIpc) is 2.79. The Morgan fingerprint density at radius 1 is 1.35 bits per heavy atom. The van der Waals surface area contributed by atoms with Crippen LogP contribution in [0.5, 0.6) is 0 Å². The monoisotopic (exact) mass is 263 g/mol. The Labute approximate surface area is 111 Å². The highest BCUT2D eigenvalue weighted by molar-refractivity contribution is 7.93. The van der Waals surface area contributed by atoms with Gasteiger partial charge in [-0.3, -0.25) is 4.90 Å². The zero-order valence-corrected chi connectivity index (χ0v) is 12.8. The average molecular weight is 263 g/mol. The van der Waals surface area contributed by atoms with Crippen molar-refractivity contribution in [1.82, 2.24) is 4.90 Å². The number of hydrogen-bond acceptors (Lipinski definition) is 4. The van der Waals surface area contributed by atoms with Gasteiger partial charge in [0, 0.05) is 24.9 Å². The number of aliphatic hydroxyl groups is 1. The molecule has 0 amide bonds. The highest BCUT2D eigenvalue weighted by atomic mass is 32.2. The van der Waals surface area contributed by atoms with E-state index in [-0.39, 0.29) is 0 Å². The lowest BCUT2D eigenvalue weighted by Crippen LogP contribution is -2.46. The van der Waals surface area contributed by atoms with E-state index < -0.39 is 0 Å². The van der Waals surface area contributed by atoms with Crippen molar-refractivity contribution in [2.45, 2.75) is 45.2 Å². The van der Waals surface area contributed by atoms with Gasteiger partial charge < -0.3 is 9.29 Å². The standard InChI is InChI=1S/C10H21NOS.C2H4.CH4O/c1-10(2,3)11-7-5-6-9(11)8-12-13-4;2*1-2/h9H,5-8H2,1-4H3;1-2H2;2H,1H3. The van der Waals surface area contributed by atoms with Gasteiger partial charge in [0.1, 0.15) is 0 Å². The molecule has 1 unspecified atom stereocenters. The van der Waals surface area contributed by atoms with Crippen LogP contribution in [0.1, 0.15) is 33.6 Å². The van der Waals surface area contributed by atoms with E-state index >= 15 is 0 Å². The van der Waals surface area contributed by atoms with Crippen LogP contribution in [0.3, 0.4) is 0 Å². The number of nitrogens with zero attached hydrogens (tertiary/aromatic N) is 1. The van der Waals surface area contributed by atoms with E-state index in [2.05, 4.69) is 38.8 Å². The van der Waals surface area contributed by atoms with Crippen LogP contribution in [0, 0.1) is 0 Å². The van der Waals surface area contributed by atoms with Gasteiger partial charge in [0.15, 0.2) is 0 Å². The minimum atomic E-state index is 0.295. The molecule has 1 atom stereocenters. The quantitative estimate of drug-likeness (QED) is 0.627. The summed E-state index contributed by atoms with van der Waals surface area (Å²) in [6.45, 7) is 14.9. The maximum Gasteiger partial charge on any atom is 0.0769 e. The maximum absolute atomic E-state index is 7.00. The van der Waals surface area contributed by atoms with Gasteiger partial charge in [0.2, 0.25) is 0 Å². The first kappa shape index (κ1) is 19.3. The van der Waals surface area contributed by atoms with Crippen LogP contribution in [0.25, 0.3) is 0 Å². The Balaban J connectivity index is 0. The molecule has 1 saturated heterocycles. The fraction of sp³-hybridized carbons (Fsp3) is 0.846. The molecular weight excluding hydrogens is 234 g/mol. The van der Waals surface area contributed by atoms with Crippen LogP contribution in [0.15, 0.2) is 13.2 Å². The number of hydrogen-bond donors (Lipinski definition) is 1. The van der Waals surface area contributed by atoms with Gasteiger partial charge in [0.25, 0.3) is 0 Å². The van der Waals surface area contributed by atoms with E-state index in [1.807, 2.05) is 6.26 Å². The third kappa shape index (κ3) is 7.82. The number of aliphatic hydroxyl groups excluding tert-OH is 1. The summed E-state index contributed by atoms with van der Waals surface area (Å²) < 4.78 is 5.42. The van der Waals surface area contributed by atoms with Gasteiger partial charge in [-0.15, -0.1) is 13.2 Å². The van der Waals surface area contributed by atoms with Crippen LogP contribution < -0.4 is 0 Å². The van der Waals surface area contributed by atoms with Crippen LogP contribution in [-0.2, 0) is 4.18 Å². The van der Waals surface area contributed by atoms with Crippen molar-refractivity contribution >= 4 is 12.0 Å². The lowest BCUT2D eigenvalue weighted by atomic mass is 10.1. The Kier molecular flexibility index (Phi) is 12.6. The Morgan fingerprint density at radius 3 is 2.29 bits per heavy atom. The van der Waals surface area contributed by atoms with E-state index in [1.165, 1.54) is 31.4 Å². The van der Waals surface area contributed by atoms with Gasteiger partial charge in [-0.25, -0.2) is 0 Å². The SMILES string of the molecule is C=C.CO.CSOCC1CCCN1C(C)(C)C. The van der Waals surface area contributed by atoms with Crippen molar-refractivity contribution in [2.24, 2.45) is 0 Å². The summed E-state index contributed by atoms with van der Waals surface area (Å²) in [7, 11) is 1.00. The van der Waals surface area contributed by atoms with Crippen molar-refractivity contribution in [3.8, 4) is 0 Å². The highest BCUT2D eigenvalue weighted by Crippen LogP contribution is 2.26. The molecule has 1 aliphatic rings. The summed E-state index contributed by atoms with van der Waals surface area (Å²) in [4.78, 5) is 2.56. The molecule has 4 heteroatoms. The van der Waals surface area contributed by atoms with Gasteiger partial charge in [-0.2, -0.15) is 0 Å². The minimum absolute atomic E-state index is 0.295. The lowest BCUT2D eigenvalue weighted by molar-refractivity contribution is 0.0940. The maximum atomic E-state index is 7.00. The molecule has 17 heavy (non-hydrogen) atoms. The molecule has 0 bridgehead atoms. The van der Waals surface area contributed by atoms with Crippen LogP contribution in [0.2, 0.25) is 0 Å². The Hall–Kier alpha value is -0.0300. The van der Waals surface area contributed by atoms with Gasteiger partial charge >= 0.3 is 0 Å². The van der Waals surface area contributed by atoms with Crippen molar-refractivity contribution in [3.63, 3.8) is 0 Å². The molecule has 0 radical (unpaired) electrons. The third-order valence-electron chi connectivity index (χ3n) is 2.62. The van der Waals surface area contributed by atoms with E-state index in [4.69, 9.17) is 9.29 Å². The molecule has 1 N–H and O–H groups in total. The zero-order chi connectivity index (χ0) is 13.9. The predicted molar refractivity (Wildman–Crippen MR) is 78.3 cm³/mol. The second-order valence-electron chi connectivity index (χ2n) is 4.61. The van der Waals surface area contributed by atoms with Crippen molar-refractivity contribution < 1.29 is 9.29 Å². The topological polar surface area (TPSA) is 32.7 Å². The van der Waals surface area contributed by atoms with Crippen molar-refractivity contribution in [2.75, 3.05) is 26.5 Å². The molecule has 1 fully saturated rings. The summed E-state index contributed by atoms with van der Waals surface area (Å²) >= 11 is 1.47. The molecule has 1 aliphatic heterocycles. The molecular formula is C13H29NO2S. The van der Waals surface area contributed by atoms with Gasteiger partial charge in [-0.05, 0) is 52.2 Å². The molecule has 1 heterocycles. The first-order valence-electron chi connectivity index (χ1n) is 5.93. The molecule has 0 aromatic rings. The highest BCUT2D eigenvalue weighted by Gasteiger charge is 2.32. The second-order valence-corrected chi connectivity index (χ2v) is 5.18. The molecule has 0 aromatic heterocycles. The zero-order valence-electron chi connectivity index (χ0n) is 12.0. The molecule has 0 aromatic carbocycles. The largest absolute Gasteiger partial charge is 0.400 e. The van der Waals surface area contributed by atoms with E-state index in [9.17, 15) is 0 Å². The van der Waals surface area contributed by atoms with Gasteiger partial charge in [0.05, 0.1) is 6.61 Å². The van der Waals surface area contributed by atoms with E-state index in [0.717, 1.165) is 13.7 Å². The summed E-state index contributed by atoms with van der Waals surface area (Å²) in [5, 5.41) is 7.00. The summed E-state index contributed by atoms with van der Waals surface area (Å²) in [5.74, 6) is 0. The van der Waals surface area contributed by atoms with Crippen molar-refractivity contribution in [1.29, 1.82) is 0 Å². The molecule has 104 valence electrons. The number of likely N-dealkylation sites (tertiary alicyclic amines) is 1. The minimum Gasteiger partial charge on any atom is -0.400 e. The van der Waals surface area contributed by atoms with Crippen LogP contribution in [-0.4, -0.2) is 48.1 Å². The smallest absolute Gasteiger partial charge is 0.0769 e. The molecule has 0 aliphatic carbocycles. The van der Waals surface area contributed by atoms with Crippen molar-refractivity contribution in [3.05, 3.63) is 13.2 Å². The Morgan fingerprint density at radius 2 is 1.88 bits per heavy atom. The van der Waals surface area contributed by atoms with Crippen LogP contribution in [0.4, 0.5) is 0 Å². The molecule has 0 saturated carbocycles. The first-order chi connectivity index (χ1) is 8.05.